The van der Waals surface area contributed by atoms with Gasteiger partial charge in [0.25, 0.3) is 5.91 Å². The average Bonchev–Trinajstić information content (AvgIpc) is 3.45. The SMILES string of the molecule is Cn1c(=O)n(CC(C)(C)C)c2ccc(C3=CC4CN(C(=O)C(O)c5ccccc5)CC4C3)nc21. The first-order valence-electron chi connectivity index (χ1n) is 11.9. The molecule has 3 atom stereocenters. The molecule has 7 heteroatoms. The van der Waals surface area contributed by atoms with Crippen molar-refractivity contribution in [3.8, 4) is 0 Å². The Morgan fingerprint density at radius 3 is 2.56 bits per heavy atom. The van der Waals surface area contributed by atoms with Gasteiger partial charge in [-0.25, -0.2) is 9.78 Å². The van der Waals surface area contributed by atoms with Crippen LogP contribution in [-0.2, 0) is 18.4 Å². The van der Waals surface area contributed by atoms with Crippen molar-refractivity contribution in [2.24, 2.45) is 24.3 Å². The van der Waals surface area contributed by atoms with E-state index in [1.165, 1.54) is 5.57 Å². The maximum atomic E-state index is 12.9. The topological polar surface area (TPSA) is 80.4 Å². The van der Waals surface area contributed by atoms with E-state index in [0.29, 0.717) is 36.8 Å². The van der Waals surface area contributed by atoms with Gasteiger partial charge in [-0.05, 0) is 46.9 Å². The molecule has 1 aliphatic heterocycles. The van der Waals surface area contributed by atoms with E-state index in [-0.39, 0.29) is 22.9 Å². The van der Waals surface area contributed by atoms with Gasteiger partial charge in [-0.2, -0.15) is 0 Å². The average molecular weight is 461 g/mol. The fourth-order valence-electron chi connectivity index (χ4n) is 5.31. The van der Waals surface area contributed by atoms with Gasteiger partial charge in [0.05, 0.1) is 11.2 Å². The van der Waals surface area contributed by atoms with Crippen molar-refractivity contribution in [3.05, 3.63) is 70.3 Å². The molecule has 2 aliphatic rings. The van der Waals surface area contributed by atoms with Gasteiger partial charge in [0.15, 0.2) is 11.8 Å². The van der Waals surface area contributed by atoms with Crippen molar-refractivity contribution in [1.82, 2.24) is 19.0 Å². The van der Waals surface area contributed by atoms with Crippen molar-refractivity contribution in [2.75, 3.05) is 13.1 Å². The van der Waals surface area contributed by atoms with Gasteiger partial charge >= 0.3 is 5.69 Å². The summed E-state index contributed by atoms with van der Waals surface area (Å²) in [4.78, 5) is 32.3. The number of carbonyl (C=O) groups is 1. The zero-order valence-electron chi connectivity index (χ0n) is 20.2. The van der Waals surface area contributed by atoms with Gasteiger partial charge < -0.3 is 10.0 Å². The van der Waals surface area contributed by atoms with Crippen LogP contribution in [-0.4, -0.2) is 43.1 Å². The molecule has 1 amide bonds. The highest BCUT2D eigenvalue weighted by molar-refractivity contribution is 5.83. The number of hydrogen-bond donors (Lipinski definition) is 1. The summed E-state index contributed by atoms with van der Waals surface area (Å²) in [5, 5.41) is 10.5. The minimum Gasteiger partial charge on any atom is -0.378 e. The standard InChI is InChI=1S/C27H32N4O3/c1-27(2,3)16-31-22-11-10-21(28-24(22)29(4)26(31)34)18-12-19-14-30(15-20(19)13-18)25(33)23(32)17-8-6-5-7-9-17/h5-12,19-20,23,32H,13-16H2,1-4H3. The second-order valence-electron chi connectivity index (χ2n) is 10.9. The van der Waals surface area contributed by atoms with Crippen molar-refractivity contribution in [2.45, 2.75) is 39.8 Å². The highest BCUT2D eigenvalue weighted by atomic mass is 16.3. The third kappa shape index (κ3) is 3.98. The number of likely N-dealkylation sites (tertiary alicyclic amines) is 1. The molecule has 0 bridgehead atoms. The first-order valence-corrected chi connectivity index (χ1v) is 11.9. The predicted molar refractivity (Wildman–Crippen MR) is 132 cm³/mol. The number of carbonyl (C=O) groups excluding carboxylic acids is 1. The number of aromatic nitrogens is 3. The number of imidazole rings is 1. The monoisotopic (exact) mass is 460 g/mol. The lowest BCUT2D eigenvalue weighted by Gasteiger charge is -2.21. The summed E-state index contributed by atoms with van der Waals surface area (Å²) >= 11 is 0. The zero-order valence-corrected chi connectivity index (χ0v) is 20.2. The number of aryl methyl sites for hydroxylation is 1. The van der Waals surface area contributed by atoms with Crippen LogP contribution in [0.3, 0.4) is 0 Å². The van der Waals surface area contributed by atoms with Crippen LogP contribution in [0.4, 0.5) is 0 Å². The minimum absolute atomic E-state index is 0.0143. The summed E-state index contributed by atoms with van der Waals surface area (Å²) in [5.41, 5.74) is 4.19. The van der Waals surface area contributed by atoms with E-state index in [9.17, 15) is 14.7 Å². The Morgan fingerprint density at radius 2 is 1.88 bits per heavy atom. The molecule has 1 aromatic carbocycles. The Balaban J connectivity index is 1.35. The number of hydrogen-bond acceptors (Lipinski definition) is 4. The quantitative estimate of drug-likeness (QED) is 0.647. The van der Waals surface area contributed by atoms with Crippen LogP contribution < -0.4 is 5.69 Å². The second kappa shape index (κ2) is 8.24. The lowest BCUT2D eigenvalue weighted by molar-refractivity contribution is -0.139. The van der Waals surface area contributed by atoms with Gasteiger partial charge in [-0.15, -0.1) is 0 Å². The Bertz CT molecular complexity index is 1330. The fraction of sp³-hybridized carbons (Fsp3) is 0.444. The third-order valence-electron chi connectivity index (χ3n) is 6.99. The normalized spacial score (nSPS) is 21.1. The summed E-state index contributed by atoms with van der Waals surface area (Å²) < 4.78 is 3.44. The molecular weight excluding hydrogens is 428 g/mol. The summed E-state index contributed by atoms with van der Waals surface area (Å²) in [5.74, 6) is 0.354. The number of benzene rings is 1. The number of allylic oxidation sites excluding steroid dienone is 1. The van der Waals surface area contributed by atoms with Crippen molar-refractivity contribution >= 4 is 22.6 Å². The van der Waals surface area contributed by atoms with E-state index in [1.807, 2.05) is 34.9 Å². The fourth-order valence-corrected chi connectivity index (χ4v) is 5.31. The van der Waals surface area contributed by atoms with Crippen LogP contribution in [0.1, 0.15) is 44.6 Å². The summed E-state index contributed by atoms with van der Waals surface area (Å²) in [6.07, 6.45) is 1.95. The third-order valence-corrected chi connectivity index (χ3v) is 6.99. The van der Waals surface area contributed by atoms with Gasteiger partial charge in [0.1, 0.15) is 0 Å². The first kappa shape index (κ1) is 22.6. The van der Waals surface area contributed by atoms with Crippen LogP contribution in [0.2, 0.25) is 0 Å². The molecule has 5 rings (SSSR count). The smallest absolute Gasteiger partial charge is 0.330 e. The van der Waals surface area contributed by atoms with E-state index < -0.39 is 6.10 Å². The number of nitrogens with zero attached hydrogens (tertiary/aromatic N) is 4. The lowest BCUT2D eigenvalue weighted by atomic mass is 9.97. The lowest BCUT2D eigenvalue weighted by Crippen LogP contribution is -2.33. The van der Waals surface area contributed by atoms with Gasteiger partial charge in [0, 0.05) is 26.7 Å². The largest absolute Gasteiger partial charge is 0.378 e. The van der Waals surface area contributed by atoms with Crippen LogP contribution in [0.25, 0.3) is 16.7 Å². The van der Waals surface area contributed by atoms with Crippen LogP contribution >= 0.6 is 0 Å². The van der Waals surface area contributed by atoms with E-state index >= 15 is 0 Å². The maximum Gasteiger partial charge on any atom is 0.330 e. The van der Waals surface area contributed by atoms with Gasteiger partial charge in [-0.1, -0.05) is 57.2 Å². The van der Waals surface area contributed by atoms with Crippen LogP contribution in [0, 0.1) is 17.3 Å². The molecule has 1 saturated heterocycles. The number of pyridine rings is 1. The molecule has 3 unspecified atom stereocenters. The molecular formula is C27H32N4O3. The molecule has 0 saturated carbocycles. The summed E-state index contributed by atoms with van der Waals surface area (Å²) in [6.45, 7) is 8.24. The molecule has 34 heavy (non-hydrogen) atoms. The van der Waals surface area contributed by atoms with Gasteiger partial charge in [-0.3, -0.25) is 13.9 Å². The van der Waals surface area contributed by atoms with Crippen molar-refractivity contribution < 1.29 is 9.90 Å². The number of aliphatic hydroxyl groups excluding tert-OH is 1. The predicted octanol–water partition coefficient (Wildman–Crippen LogP) is 3.38. The van der Waals surface area contributed by atoms with E-state index in [1.54, 1.807) is 28.6 Å². The number of aliphatic hydroxyl groups is 1. The Hall–Kier alpha value is -3.19. The van der Waals surface area contributed by atoms with E-state index in [0.717, 1.165) is 17.6 Å². The maximum absolute atomic E-state index is 12.9. The molecule has 7 nitrogen and oxygen atoms in total. The number of rotatable bonds is 4. The molecule has 3 aromatic rings. The minimum atomic E-state index is -1.12. The van der Waals surface area contributed by atoms with Crippen molar-refractivity contribution in [1.29, 1.82) is 0 Å². The van der Waals surface area contributed by atoms with Gasteiger partial charge in [0.2, 0.25) is 0 Å². The Kier molecular flexibility index (Phi) is 5.47. The Morgan fingerprint density at radius 1 is 1.15 bits per heavy atom. The van der Waals surface area contributed by atoms with E-state index in [4.69, 9.17) is 4.98 Å². The molecule has 0 radical (unpaired) electrons. The summed E-state index contributed by atoms with van der Waals surface area (Å²) in [6, 6.07) is 13.1. The highest BCUT2D eigenvalue weighted by Gasteiger charge is 2.40. The molecule has 3 heterocycles. The number of fused-ring (bicyclic) bond motifs is 2. The second-order valence-corrected chi connectivity index (χ2v) is 10.9. The zero-order chi connectivity index (χ0) is 24.2. The molecule has 1 N–H and O–H groups in total. The molecule has 2 aromatic heterocycles. The summed E-state index contributed by atoms with van der Waals surface area (Å²) in [7, 11) is 1.78. The number of amides is 1. The highest BCUT2D eigenvalue weighted by Crippen LogP contribution is 2.41. The molecule has 1 fully saturated rings. The van der Waals surface area contributed by atoms with Crippen LogP contribution in [0.15, 0.2) is 53.3 Å². The molecule has 178 valence electrons. The molecule has 0 spiro atoms. The van der Waals surface area contributed by atoms with Crippen molar-refractivity contribution in [3.63, 3.8) is 0 Å². The first-order chi connectivity index (χ1) is 16.1. The Labute approximate surface area is 199 Å². The van der Waals surface area contributed by atoms with Crippen LogP contribution in [0.5, 0.6) is 0 Å². The van der Waals surface area contributed by atoms with E-state index in [2.05, 4.69) is 26.8 Å². The molecule has 1 aliphatic carbocycles.